The van der Waals surface area contributed by atoms with E-state index in [-0.39, 0.29) is 11.3 Å². The van der Waals surface area contributed by atoms with Crippen LogP contribution in [0.15, 0.2) is 18.2 Å². The molecular formula is C13H18ClNO. The van der Waals surface area contributed by atoms with E-state index in [1.807, 2.05) is 33.8 Å². The van der Waals surface area contributed by atoms with Gasteiger partial charge in [-0.25, -0.2) is 0 Å². The van der Waals surface area contributed by atoms with Crippen LogP contribution >= 0.6 is 11.6 Å². The van der Waals surface area contributed by atoms with E-state index in [0.29, 0.717) is 17.1 Å². The molecule has 0 aliphatic carbocycles. The Balaban J connectivity index is 2.70. The number of carbonyl (C=O) groups excluding carboxylic acids is 1. The monoisotopic (exact) mass is 239 g/mol. The molecule has 0 spiro atoms. The van der Waals surface area contributed by atoms with Gasteiger partial charge in [-0.15, -0.1) is 0 Å². The zero-order chi connectivity index (χ0) is 12.3. The van der Waals surface area contributed by atoms with Crippen molar-refractivity contribution in [1.29, 1.82) is 0 Å². The first kappa shape index (κ1) is 13.2. The van der Waals surface area contributed by atoms with Gasteiger partial charge in [0.05, 0.1) is 6.54 Å². The highest BCUT2D eigenvalue weighted by molar-refractivity contribution is 6.31. The molecule has 2 nitrogen and oxygen atoms in total. The lowest BCUT2D eigenvalue weighted by Gasteiger charge is -2.19. The van der Waals surface area contributed by atoms with E-state index in [0.717, 1.165) is 5.56 Å². The smallest absolute Gasteiger partial charge is 0.176 e. The first-order valence-electron chi connectivity index (χ1n) is 5.34. The van der Waals surface area contributed by atoms with Crippen molar-refractivity contribution in [3.05, 3.63) is 34.3 Å². The summed E-state index contributed by atoms with van der Waals surface area (Å²) in [6.45, 7) is 8.36. The fraction of sp³-hybridized carbons (Fsp3) is 0.462. The lowest BCUT2D eigenvalue weighted by Crippen LogP contribution is -2.39. The Labute approximate surface area is 102 Å². The molecule has 0 unspecified atom stereocenters. The maximum absolute atomic E-state index is 11.8. The van der Waals surface area contributed by atoms with Crippen LogP contribution in [0.2, 0.25) is 5.02 Å². The van der Waals surface area contributed by atoms with Crippen molar-refractivity contribution in [2.45, 2.75) is 33.2 Å². The molecule has 3 heteroatoms. The molecule has 16 heavy (non-hydrogen) atoms. The van der Waals surface area contributed by atoms with Gasteiger partial charge < -0.3 is 5.32 Å². The number of ketones is 1. The van der Waals surface area contributed by atoms with Crippen LogP contribution in [0.25, 0.3) is 0 Å². The summed E-state index contributed by atoms with van der Waals surface area (Å²) in [6.07, 6.45) is 0. The van der Waals surface area contributed by atoms with Crippen LogP contribution in [0.4, 0.5) is 0 Å². The van der Waals surface area contributed by atoms with Gasteiger partial charge >= 0.3 is 0 Å². The second-order valence-corrected chi connectivity index (χ2v) is 5.40. The van der Waals surface area contributed by atoms with Crippen molar-refractivity contribution in [2.75, 3.05) is 6.54 Å². The van der Waals surface area contributed by atoms with Crippen molar-refractivity contribution in [2.24, 2.45) is 0 Å². The van der Waals surface area contributed by atoms with E-state index in [4.69, 9.17) is 11.6 Å². The molecule has 0 aliphatic rings. The number of rotatable bonds is 3. The van der Waals surface area contributed by atoms with Crippen LogP contribution in [0.5, 0.6) is 0 Å². The third kappa shape index (κ3) is 3.95. The first-order valence-corrected chi connectivity index (χ1v) is 5.72. The van der Waals surface area contributed by atoms with Crippen molar-refractivity contribution < 1.29 is 4.79 Å². The molecule has 0 bridgehead atoms. The van der Waals surface area contributed by atoms with Gasteiger partial charge in [0.25, 0.3) is 0 Å². The summed E-state index contributed by atoms with van der Waals surface area (Å²) in [6, 6.07) is 5.36. The zero-order valence-electron chi connectivity index (χ0n) is 10.2. The average molecular weight is 240 g/mol. The minimum atomic E-state index is -0.0445. The quantitative estimate of drug-likeness (QED) is 0.821. The fourth-order valence-corrected chi connectivity index (χ4v) is 1.38. The molecule has 0 fully saturated rings. The summed E-state index contributed by atoms with van der Waals surface area (Å²) >= 11 is 5.91. The van der Waals surface area contributed by atoms with E-state index in [1.165, 1.54) is 0 Å². The van der Waals surface area contributed by atoms with Crippen LogP contribution < -0.4 is 5.32 Å². The summed E-state index contributed by atoms with van der Waals surface area (Å²) < 4.78 is 0. The maximum atomic E-state index is 11.8. The van der Waals surface area contributed by atoms with Crippen LogP contribution in [-0.4, -0.2) is 17.9 Å². The van der Waals surface area contributed by atoms with Gasteiger partial charge in [0, 0.05) is 16.1 Å². The molecule has 0 atom stereocenters. The highest BCUT2D eigenvalue weighted by Gasteiger charge is 2.13. The lowest BCUT2D eigenvalue weighted by atomic mass is 10.1. The average Bonchev–Trinajstić information content (AvgIpc) is 2.17. The Morgan fingerprint density at radius 1 is 1.38 bits per heavy atom. The number of Topliss-reactive ketones (excluding diaryl/α,β-unsaturated/α-hetero) is 1. The fourth-order valence-electron chi connectivity index (χ4n) is 1.27. The van der Waals surface area contributed by atoms with Crippen LogP contribution in [-0.2, 0) is 0 Å². The molecular weight excluding hydrogens is 222 g/mol. The van der Waals surface area contributed by atoms with Gasteiger partial charge in [0.15, 0.2) is 5.78 Å². The molecule has 0 saturated heterocycles. The van der Waals surface area contributed by atoms with Gasteiger partial charge in [-0.1, -0.05) is 11.6 Å². The van der Waals surface area contributed by atoms with Gasteiger partial charge in [-0.2, -0.15) is 0 Å². The largest absolute Gasteiger partial charge is 0.305 e. The van der Waals surface area contributed by atoms with E-state index in [1.54, 1.807) is 12.1 Å². The molecule has 0 heterocycles. The minimum Gasteiger partial charge on any atom is -0.305 e. The number of nitrogens with one attached hydrogen (secondary N) is 1. The van der Waals surface area contributed by atoms with E-state index in [9.17, 15) is 4.79 Å². The molecule has 88 valence electrons. The zero-order valence-corrected chi connectivity index (χ0v) is 11.0. The van der Waals surface area contributed by atoms with Crippen molar-refractivity contribution in [3.63, 3.8) is 0 Å². The second kappa shape index (κ2) is 4.98. The molecule has 1 aromatic rings. The Kier molecular flexibility index (Phi) is 4.11. The number of hydrogen-bond donors (Lipinski definition) is 1. The summed E-state index contributed by atoms with van der Waals surface area (Å²) in [4.78, 5) is 11.8. The normalized spacial score (nSPS) is 11.6. The summed E-state index contributed by atoms with van der Waals surface area (Å²) in [7, 11) is 0. The van der Waals surface area contributed by atoms with Crippen molar-refractivity contribution in [3.8, 4) is 0 Å². The highest BCUT2D eigenvalue weighted by atomic mass is 35.5. The number of aryl methyl sites for hydroxylation is 1. The summed E-state index contributed by atoms with van der Waals surface area (Å²) in [5.41, 5.74) is 1.60. The maximum Gasteiger partial charge on any atom is 0.176 e. The van der Waals surface area contributed by atoms with Gasteiger partial charge in [-0.05, 0) is 51.5 Å². The number of carbonyl (C=O) groups is 1. The Hall–Kier alpha value is -0.860. The first-order chi connectivity index (χ1) is 7.29. The number of halogens is 1. The topological polar surface area (TPSA) is 29.1 Å². The summed E-state index contributed by atoms with van der Waals surface area (Å²) in [5.74, 6) is 0.0923. The van der Waals surface area contributed by atoms with Gasteiger partial charge in [0.2, 0.25) is 0 Å². The van der Waals surface area contributed by atoms with E-state index >= 15 is 0 Å². The molecule has 1 aromatic carbocycles. The molecule has 1 N–H and O–H groups in total. The number of hydrogen-bond acceptors (Lipinski definition) is 2. The SMILES string of the molecule is Cc1cc(C(=O)CNC(C)(C)C)ccc1Cl. The van der Waals surface area contributed by atoms with Crippen LogP contribution in [0, 0.1) is 6.92 Å². The molecule has 0 aliphatic heterocycles. The predicted molar refractivity (Wildman–Crippen MR) is 68.3 cm³/mol. The molecule has 1 rings (SSSR count). The van der Waals surface area contributed by atoms with Crippen LogP contribution in [0.3, 0.4) is 0 Å². The minimum absolute atomic E-state index is 0.0445. The van der Waals surface area contributed by atoms with Gasteiger partial charge in [-0.3, -0.25) is 4.79 Å². The van der Waals surface area contributed by atoms with Crippen LogP contribution in [0.1, 0.15) is 36.7 Å². The van der Waals surface area contributed by atoms with Crippen molar-refractivity contribution in [1.82, 2.24) is 5.32 Å². The van der Waals surface area contributed by atoms with Gasteiger partial charge in [0.1, 0.15) is 0 Å². The van der Waals surface area contributed by atoms with Crippen molar-refractivity contribution >= 4 is 17.4 Å². The Morgan fingerprint density at radius 2 is 2.00 bits per heavy atom. The standard InChI is InChI=1S/C13H18ClNO/c1-9-7-10(5-6-11(9)14)12(16)8-15-13(2,3)4/h5-7,15H,8H2,1-4H3. The third-order valence-electron chi connectivity index (χ3n) is 2.26. The second-order valence-electron chi connectivity index (χ2n) is 4.99. The molecule has 0 amide bonds. The Morgan fingerprint density at radius 3 is 2.50 bits per heavy atom. The predicted octanol–water partition coefficient (Wildman–Crippen LogP) is 3.22. The molecule has 0 radical (unpaired) electrons. The molecule has 0 saturated carbocycles. The third-order valence-corrected chi connectivity index (χ3v) is 2.68. The number of benzene rings is 1. The Bertz CT molecular complexity index is 393. The lowest BCUT2D eigenvalue weighted by molar-refractivity contribution is 0.0982. The highest BCUT2D eigenvalue weighted by Crippen LogP contribution is 2.16. The molecule has 0 aromatic heterocycles. The summed E-state index contributed by atoms with van der Waals surface area (Å²) in [5, 5.41) is 3.87. The van der Waals surface area contributed by atoms with E-state index in [2.05, 4.69) is 5.32 Å². The van der Waals surface area contributed by atoms with E-state index < -0.39 is 0 Å².